The maximum atomic E-state index is 6.24. The van der Waals surface area contributed by atoms with Crippen molar-refractivity contribution in [2.45, 2.75) is 0 Å². The van der Waals surface area contributed by atoms with E-state index < -0.39 is 0 Å². The van der Waals surface area contributed by atoms with Crippen LogP contribution in [0.4, 0.5) is 0 Å². The van der Waals surface area contributed by atoms with Crippen LogP contribution in [0.25, 0.3) is 94.7 Å². The Morgan fingerprint density at radius 2 is 1.00 bits per heavy atom. The van der Waals surface area contributed by atoms with Gasteiger partial charge in [0.25, 0.3) is 0 Å². The molecular formula is C45H28N4O. The van der Waals surface area contributed by atoms with Crippen LogP contribution >= 0.6 is 0 Å². The first-order chi connectivity index (χ1) is 24.8. The van der Waals surface area contributed by atoms with Gasteiger partial charge in [-0.05, 0) is 48.0 Å². The summed E-state index contributed by atoms with van der Waals surface area (Å²) in [5.41, 5.74) is 10.1. The van der Waals surface area contributed by atoms with Gasteiger partial charge in [-0.15, -0.1) is 0 Å². The van der Waals surface area contributed by atoms with E-state index in [1.54, 1.807) is 0 Å². The van der Waals surface area contributed by atoms with Crippen LogP contribution in [0.15, 0.2) is 174 Å². The molecule has 0 amide bonds. The van der Waals surface area contributed by atoms with E-state index >= 15 is 0 Å². The molecule has 0 unspecified atom stereocenters. The highest BCUT2D eigenvalue weighted by Gasteiger charge is 2.20. The Morgan fingerprint density at radius 1 is 0.400 bits per heavy atom. The molecule has 234 valence electrons. The number of nitrogens with zero attached hydrogens (tertiary/aromatic N) is 4. The van der Waals surface area contributed by atoms with Gasteiger partial charge in [-0.3, -0.25) is 0 Å². The van der Waals surface area contributed by atoms with Crippen molar-refractivity contribution in [1.82, 2.24) is 19.5 Å². The predicted molar refractivity (Wildman–Crippen MR) is 203 cm³/mol. The second-order valence-electron chi connectivity index (χ2n) is 12.4. The molecule has 0 fully saturated rings. The first-order valence-corrected chi connectivity index (χ1v) is 16.7. The number of fused-ring (bicyclic) bond motifs is 6. The topological polar surface area (TPSA) is 56.7 Å². The molecular weight excluding hydrogens is 613 g/mol. The molecule has 0 aliphatic carbocycles. The molecule has 3 heterocycles. The van der Waals surface area contributed by atoms with E-state index in [9.17, 15) is 0 Å². The Kier molecular flexibility index (Phi) is 6.42. The van der Waals surface area contributed by atoms with Crippen molar-refractivity contribution in [3.63, 3.8) is 0 Å². The summed E-state index contributed by atoms with van der Waals surface area (Å²) in [6.45, 7) is 0. The molecule has 0 radical (unpaired) electrons. The molecule has 0 saturated carbocycles. The highest BCUT2D eigenvalue weighted by atomic mass is 16.3. The number of para-hydroxylation sites is 3. The van der Waals surface area contributed by atoms with E-state index in [1.807, 2.05) is 60.7 Å². The Labute approximate surface area is 287 Å². The van der Waals surface area contributed by atoms with Crippen molar-refractivity contribution < 1.29 is 4.42 Å². The highest BCUT2D eigenvalue weighted by Crippen LogP contribution is 2.40. The summed E-state index contributed by atoms with van der Waals surface area (Å²) in [5, 5.41) is 4.32. The average molecular weight is 641 g/mol. The maximum absolute atomic E-state index is 6.24. The Hall–Kier alpha value is -6.85. The Morgan fingerprint density at radius 3 is 1.80 bits per heavy atom. The van der Waals surface area contributed by atoms with Gasteiger partial charge in [0, 0.05) is 49.5 Å². The van der Waals surface area contributed by atoms with Crippen molar-refractivity contribution in [2.24, 2.45) is 0 Å². The average Bonchev–Trinajstić information content (AvgIpc) is 3.74. The Bertz CT molecular complexity index is 2860. The van der Waals surface area contributed by atoms with Crippen molar-refractivity contribution in [2.75, 3.05) is 0 Å². The van der Waals surface area contributed by atoms with Crippen molar-refractivity contribution in [3.05, 3.63) is 170 Å². The molecule has 10 rings (SSSR count). The number of furan rings is 1. The molecule has 0 N–H and O–H groups in total. The zero-order valence-electron chi connectivity index (χ0n) is 26.9. The summed E-state index contributed by atoms with van der Waals surface area (Å²) in [6.07, 6.45) is 0. The molecule has 7 aromatic carbocycles. The second-order valence-corrected chi connectivity index (χ2v) is 12.4. The van der Waals surface area contributed by atoms with Crippen LogP contribution in [-0.2, 0) is 0 Å². The SMILES string of the molecule is c1ccc(-c2nc(-c3ccc4c(c3)c3cccc(-c5ccccc5)c3n4-c3ccccc3)nc(-c3cccc4oc5ccccc5c34)n2)cc1. The fraction of sp³-hybridized carbons (Fsp3) is 0. The summed E-state index contributed by atoms with van der Waals surface area (Å²) >= 11 is 0. The molecule has 3 aromatic heterocycles. The van der Waals surface area contributed by atoms with Crippen molar-refractivity contribution in [1.29, 1.82) is 0 Å². The minimum atomic E-state index is 0.601. The Balaban J connectivity index is 1.24. The van der Waals surface area contributed by atoms with Gasteiger partial charge >= 0.3 is 0 Å². The number of rotatable bonds is 5. The van der Waals surface area contributed by atoms with Gasteiger partial charge in [0.05, 0.1) is 11.0 Å². The molecule has 5 nitrogen and oxygen atoms in total. The van der Waals surface area contributed by atoms with Crippen LogP contribution in [0.3, 0.4) is 0 Å². The monoisotopic (exact) mass is 640 g/mol. The van der Waals surface area contributed by atoms with Crippen LogP contribution < -0.4 is 0 Å². The molecule has 0 aliphatic heterocycles. The van der Waals surface area contributed by atoms with Crippen LogP contribution in [0.1, 0.15) is 0 Å². The maximum Gasteiger partial charge on any atom is 0.164 e. The first-order valence-electron chi connectivity index (χ1n) is 16.7. The lowest BCUT2D eigenvalue weighted by atomic mass is 10.0. The summed E-state index contributed by atoms with van der Waals surface area (Å²) in [7, 11) is 0. The third-order valence-electron chi connectivity index (χ3n) is 9.46. The van der Waals surface area contributed by atoms with E-state index in [4.69, 9.17) is 19.4 Å². The molecule has 0 bridgehead atoms. The molecule has 0 aliphatic rings. The van der Waals surface area contributed by atoms with E-state index in [1.165, 1.54) is 16.5 Å². The minimum absolute atomic E-state index is 0.601. The van der Waals surface area contributed by atoms with Gasteiger partial charge in [0.2, 0.25) is 0 Å². The lowest BCUT2D eigenvalue weighted by molar-refractivity contribution is 0.669. The fourth-order valence-electron chi connectivity index (χ4n) is 7.21. The zero-order chi connectivity index (χ0) is 33.0. The van der Waals surface area contributed by atoms with E-state index in [0.717, 1.165) is 60.7 Å². The third kappa shape index (κ3) is 4.52. The second kappa shape index (κ2) is 11.4. The lowest BCUT2D eigenvalue weighted by Gasteiger charge is -2.12. The molecule has 0 spiro atoms. The highest BCUT2D eigenvalue weighted by molar-refractivity contribution is 6.15. The number of benzene rings is 7. The quantitative estimate of drug-likeness (QED) is 0.188. The van der Waals surface area contributed by atoms with Crippen molar-refractivity contribution in [3.8, 4) is 51.0 Å². The summed E-state index contributed by atoms with van der Waals surface area (Å²) in [5.74, 6) is 1.83. The van der Waals surface area contributed by atoms with Gasteiger partial charge < -0.3 is 8.98 Å². The van der Waals surface area contributed by atoms with Crippen LogP contribution in [0.5, 0.6) is 0 Å². The van der Waals surface area contributed by atoms with Gasteiger partial charge in [-0.25, -0.2) is 15.0 Å². The first kappa shape index (κ1) is 28.2. The molecule has 0 atom stereocenters. The van der Waals surface area contributed by atoms with Gasteiger partial charge in [0.1, 0.15) is 11.2 Å². The normalized spacial score (nSPS) is 11.6. The standard InChI is InChI=1S/C45H28N4O/c1-4-14-29(15-5-1)33-21-12-22-34-37-28-31(26-27-38(37)49(42(33)34)32-18-8-3-9-19-32)44-46-43(30-16-6-2-7-17-30)47-45(48-44)36-23-13-25-40-41(36)35-20-10-11-24-39(35)50-40/h1-28H. The van der Waals surface area contributed by atoms with E-state index in [0.29, 0.717) is 17.5 Å². The minimum Gasteiger partial charge on any atom is -0.456 e. The molecule has 10 aromatic rings. The van der Waals surface area contributed by atoms with Crippen molar-refractivity contribution >= 4 is 43.7 Å². The smallest absolute Gasteiger partial charge is 0.164 e. The van der Waals surface area contributed by atoms with Crippen LogP contribution in [0, 0.1) is 0 Å². The van der Waals surface area contributed by atoms with E-state index in [-0.39, 0.29) is 0 Å². The van der Waals surface area contributed by atoms with Gasteiger partial charge in [-0.1, -0.05) is 127 Å². The lowest BCUT2D eigenvalue weighted by Crippen LogP contribution is -2.00. The summed E-state index contributed by atoms with van der Waals surface area (Å²) in [6, 6.07) is 58.6. The van der Waals surface area contributed by atoms with Crippen LogP contribution in [-0.4, -0.2) is 19.5 Å². The van der Waals surface area contributed by atoms with Crippen LogP contribution in [0.2, 0.25) is 0 Å². The van der Waals surface area contributed by atoms with E-state index in [2.05, 4.69) is 114 Å². The predicted octanol–water partition coefficient (Wildman–Crippen LogP) is 11.5. The molecule has 0 saturated heterocycles. The third-order valence-corrected chi connectivity index (χ3v) is 9.46. The van der Waals surface area contributed by atoms with Gasteiger partial charge in [-0.2, -0.15) is 0 Å². The zero-order valence-corrected chi connectivity index (χ0v) is 26.9. The van der Waals surface area contributed by atoms with Gasteiger partial charge in [0.15, 0.2) is 17.5 Å². The molecule has 50 heavy (non-hydrogen) atoms. The number of hydrogen-bond acceptors (Lipinski definition) is 4. The molecule has 5 heteroatoms. The number of aromatic nitrogens is 4. The number of hydrogen-bond donors (Lipinski definition) is 0. The summed E-state index contributed by atoms with van der Waals surface area (Å²) < 4.78 is 8.61. The largest absolute Gasteiger partial charge is 0.456 e. The summed E-state index contributed by atoms with van der Waals surface area (Å²) in [4.78, 5) is 15.3. The fourth-order valence-corrected chi connectivity index (χ4v) is 7.21.